The number of rotatable bonds is 4. The minimum absolute atomic E-state index is 0.0146. The highest BCUT2D eigenvalue weighted by molar-refractivity contribution is 5.95. The highest BCUT2D eigenvalue weighted by atomic mass is 16.6. The number of carbonyl (C=O) groups is 1. The Hall–Kier alpha value is -1.99. The van der Waals surface area contributed by atoms with Crippen LogP contribution < -0.4 is 5.32 Å². The summed E-state index contributed by atoms with van der Waals surface area (Å²) >= 11 is 0. The lowest BCUT2D eigenvalue weighted by molar-refractivity contribution is -0.385. The summed E-state index contributed by atoms with van der Waals surface area (Å²) in [6, 6.07) is 4.94. The molecule has 0 radical (unpaired) electrons. The van der Waals surface area contributed by atoms with Crippen LogP contribution in [0.15, 0.2) is 18.2 Å². The number of nitro groups is 1. The second kappa shape index (κ2) is 6.02. The van der Waals surface area contributed by atoms with Crippen molar-refractivity contribution in [2.75, 3.05) is 39.3 Å². The van der Waals surface area contributed by atoms with Gasteiger partial charge in [0.15, 0.2) is 0 Å². The molecule has 7 heteroatoms. The minimum atomic E-state index is -0.453. The van der Waals surface area contributed by atoms with Crippen LogP contribution in [0.2, 0.25) is 0 Å². The Balaban J connectivity index is 1.62. The van der Waals surface area contributed by atoms with Crippen LogP contribution in [-0.4, -0.2) is 65.9 Å². The number of nitro benzene ring substituents is 1. The van der Waals surface area contributed by atoms with E-state index in [0.717, 1.165) is 32.7 Å². The number of amides is 1. The third-order valence-corrected chi connectivity index (χ3v) is 4.56. The number of aryl methyl sites for hydroxylation is 1. The van der Waals surface area contributed by atoms with E-state index in [9.17, 15) is 14.9 Å². The van der Waals surface area contributed by atoms with E-state index in [1.807, 2.05) is 0 Å². The average molecular weight is 304 g/mol. The standard InChI is InChI=1S/C15H20N4O3/c1-11-2-3-12(8-14(11)19(21)22)15(20)16-9-13-10-17-4-6-18(13)7-5-17/h2-3,8,13H,4-7,9-10H2,1H3,(H,16,20). The zero-order valence-corrected chi connectivity index (χ0v) is 12.6. The van der Waals surface area contributed by atoms with E-state index in [4.69, 9.17) is 0 Å². The number of hydrogen-bond donors (Lipinski definition) is 1. The molecule has 1 amide bonds. The third kappa shape index (κ3) is 2.95. The molecule has 3 aliphatic rings. The Bertz CT molecular complexity index is 596. The third-order valence-electron chi connectivity index (χ3n) is 4.56. The smallest absolute Gasteiger partial charge is 0.273 e. The van der Waals surface area contributed by atoms with Crippen LogP contribution in [0.25, 0.3) is 0 Å². The van der Waals surface area contributed by atoms with Crippen molar-refractivity contribution in [3.8, 4) is 0 Å². The van der Waals surface area contributed by atoms with Gasteiger partial charge in [0.25, 0.3) is 11.6 Å². The number of nitrogens with one attached hydrogen (secondary N) is 1. The lowest BCUT2D eigenvalue weighted by Gasteiger charge is -2.47. The van der Waals surface area contributed by atoms with Gasteiger partial charge in [0, 0.05) is 62.5 Å². The number of nitrogens with zero attached hydrogens (tertiary/aromatic N) is 3. The molecule has 1 unspecified atom stereocenters. The van der Waals surface area contributed by atoms with Gasteiger partial charge in [-0.1, -0.05) is 6.07 Å². The van der Waals surface area contributed by atoms with Gasteiger partial charge >= 0.3 is 0 Å². The van der Waals surface area contributed by atoms with E-state index in [0.29, 0.717) is 23.7 Å². The summed E-state index contributed by atoms with van der Waals surface area (Å²) in [5, 5.41) is 13.9. The van der Waals surface area contributed by atoms with Crippen molar-refractivity contribution in [1.29, 1.82) is 0 Å². The van der Waals surface area contributed by atoms with E-state index >= 15 is 0 Å². The number of hydrogen-bond acceptors (Lipinski definition) is 5. The maximum absolute atomic E-state index is 12.2. The predicted octanol–water partition coefficient (Wildman–Crippen LogP) is 0.633. The van der Waals surface area contributed by atoms with Gasteiger partial charge in [-0.15, -0.1) is 0 Å². The maximum atomic E-state index is 12.2. The van der Waals surface area contributed by atoms with Gasteiger partial charge in [0.05, 0.1) is 4.92 Å². The molecule has 1 N–H and O–H groups in total. The summed E-state index contributed by atoms with van der Waals surface area (Å²) in [6.07, 6.45) is 0. The molecule has 3 fully saturated rings. The predicted molar refractivity (Wildman–Crippen MR) is 82.0 cm³/mol. The van der Waals surface area contributed by atoms with Crippen molar-refractivity contribution in [3.05, 3.63) is 39.4 Å². The quantitative estimate of drug-likeness (QED) is 0.652. The van der Waals surface area contributed by atoms with E-state index in [1.54, 1.807) is 19.1 Å². The largest absolute Gasteiger partial charge is 0.350 e. The lowest BCUT2D eigenvalue weighted by Crippen LogP contribution is -2.63. The molecule has 3 aliphatic heterocycles. The van der Waals surface area contributed by atoms with Gasteiger partial charge in [0.1, 0.15) is 0 Å². The van der Waals surface area contributed by atoms with Gasteiger partial charge < -0.3 is 5.32 Å². The number of piperazine rings is 3. The monoisotopic (exact) mass is 304 g/mol. The first-order valence-corrected chi connectivity index (χ1v) is 7.54. The molecule has 0 spiro atoms. The molecular weight excluding hydrogens is 284 g/mol. The number of carbonyl (C=O) groups excluding carboxylic acids is 1. The first-order chi connectivity index (χ1) is 10.5. The SMILES string of the molecule is Cc1ccc(C(=O)NCC2CN3CCN2CC3)cc1[N+](=O)[O-]. The molecule has 118 valence electrons. The molecule has 3 saturated heterocycles. The fourth-order valence-corrected chi connectivity index (χ4v) is 3.18. The van der Waals surface area contributed by atoms with Crippen molar-refractivity contribution >= 4 is 11.6 Å². The first-order valence-electron chi connectivity index (χ1n) is 7.54. The lowest BCUT2D eigenvalue weighted by atomic mass is 10.1. The Kier molecular flexibility index (Phi) is 4.08. The van der Waals surface area contributed by atoms with E-state index in [-0.39, 0.29) is 11.6 Å². The molecule has 1 atom stereocenters. The van der Waals surface area contributed by atoms with Crippen LogP contribution >= 0.6 is 0 Å². The molecule has 22 heavy (non-hydrogen) atoms. The fraction of sp³-hybridized carbons (Fsp3) is 0.533. The summed E-state index contributed by atoms with van der Waals surface area (Å²) < 4.78 is 0. The Labute approximate surface area is 129 Å². The molecule has 4 rings (SSSR count). The van der Waals surface area contributed by atoms with Crippen LogP contribution in [0.5, 0.6) is 0 Å². The summed E-state index contributed by atoms with van der Waals surface area (Å²) in [6.45, 7) is 7.54. The topological polar surface area (TPSA) is 78.7 Å². The Morgan fingerprint density at radius 3 is 2.68 bits per heavy atom. The Morgan fingerprint density at radius 1 is 1.36 bits per heavy atom. The first kappa shape index (κ1) is 14.9. The van der Waals surface area contributed by atoms with Crippen molar-refractivity contribution in [2.24, 2.45) is 0 Å². The summed E-state index contributed by atoms with van der Waals surface area (Å²) in [4.78, 5) is 27.5. The highest BCUT2D eigenvalue weighted by Gasteiger charge is 2.31. The van der Waals surface area contributed by atoms with E-state index in [1.165, 1.54) is 6.07 Å². The molecule has 0 aliphatic carbocycles. The van der Waals surface area contributed by atoms with Crippen molar-refractivity contribution < 1.29 is 9.72 Å². The number of fused-ring (bicyclic) bond motifs is 3. The second-order valence-corrected chi connectivity index (χ2v) is 5.96. The molecule has 0 aromatic heterocycles. The van der Waals surface area contributed by atoms with Crippen LogP contribution in [0.1, 0.15) is 15.9 Å². The second-order valence-electron chi connectivity index (χ2n) is 5.96. The minimum Gasteiger partial charge on any atom is -0.350 e. The Morgan fingerprint density at radius 2 is 2.09 bits per heavy atom. The number of benzene rings is 1. The summed E-state index contributed by atoms with van der Waals surface area (Å²) in [7, 11) is 0. The van der Waals surface area contributed by atoms with Crippen molar-refractivity contribution in [2.45, 2.75) is 13.0 Å². The summed E-state index contributed by atoms with van der Waals surface area (Å²) in [5.74, 6) is -0.249. The van der Waals surface area contributed by atoms with Crippen molar-refractivity contribution in [3.63, 3.8) is 0 Å². The average Bonchev–Trinajstić information content (AvgIpc) is 2.54. The van der Waals surface area contributed by atoms with Crippen LogP contribution in [0.4, 0.5) is 5.69 Å². The molecule has 3 heterocycles. The van der Waals surface area contributed by atoms with E-state index in [2.05, 4.69) is 15.1 Å². The van der Waals surface area contributed by atoms with Gasteiger partial charge in [-0.05, 0) is 13.0 Å². The molecule has 1 aromatic rings. The summed E-state index contributed by atoms with van der Waals surface area (Å²) in [5.41, 5.74) is 0.887. The van der Waals surface area contributed by atoms with Crippen LogP contribution in [-0.2, 0) is 0 Å². The van der Waals surface area contributed by atoms with Gasteiger partial charge in [-0.3, -0.25) is 24.7 Å². The fourth-order valence-electron chi connectivity index (χ4n) is 3.18. The normalized spacial score (nSPS) is 26.7. The zero-order chi connectivity index (χ0) is 15.7. The van der Waals surface area contributed by atoms with Crippen molar-refractivity contribution in [1.82, 2.24) is 15.1 Å². The maximum Gasteiger partial charge on any atom is 0.273 e. The van der Waals surface area contributed by atoms with Gasteiger partial charge in [-0.25, -0.2) is 0 Å². The van der Waals surface area contributed by atoms with E-state index < -0.39 is 4.92 Å². The van der Waals surface area contributed by atoms with Crippen LogP contribution in [0.3, 0.4) is 0 Å². The highest BCUT2D eigenvalue weighted by Crippen LogP contribution is 2.19. The molecule has 1 aromatic carbocycles. The van der Waals surface area contributed by atoms with Gasteiger partial charge in [0.2, 0.25) is 0 Å². The molecule has 0 saturated carbocycles. The molecule has 7 nitrogen and oxygen atoms in total. The zero-order valence-electron chi connectivity index (χ0n) is 12.6. The molecular formula is C15H20N4O3. The molecule has 2 bridgehead atoms. The van der Waals surface area contributed by atoms with Gasteiger partial charge in [-0.2, -0.15) is 0 Å². The van der Waals surface area contributed by atoms with Crippen LogP contribution in [0, 0.1) is 17.0 Å².